The van der Waals surface area contributed by atoms with Gasteiger partial charge in [0.2, 0.25) is 0 Å². The molecule has 184 valence electrons. The monoisotopic (exact) mass is 515 g/mol. The van der Waals surface area contributed by atoms with Crippen LogP contribution in [-0.2, 0) is 11.3 Å². The SMILES string of the molecule is CNC(=O)C(=O)c1cn(N)c2cc(Cl)c(C(=O)N3C[C@H](C)N(Cc4cccc(Cl)c4)C[C@H]3C)cc12. The summed E-state index contributed by atoms with van der Waals surface area (Å²) in [4.78, 5) is 42.2. The molecule has 1 saturated heterocycles. The van der Waals surface area contributed by atoms with Crippen molar-refractivity contribution in [2.24, 2.45) is 0 Å². The maximum atomic E-state index is 13.6. The van der Waals surface area contributed by atoms with Crippen LogP contribution in [0.1, 0.15) is 40.1 Å². The number of halogens is 2. The fourth-order valence-electron chi connectivity index (χ4n) is 4.58. The molecule has 0 saturated carbocycles. The number of carbonyl (C=O) groups is 3. The van der Waals surface area contributed by atoms with Crippen LogP contribution in [0.15, 0.2) is 42.6 Å². The Bertz CT molecular complexity index is 1320. The van der Waals surface area contributed by atoms with E-state index < -0.39 is 11.7 Å². The fraction of sp³-hybridized carbons (Fsp3) is 0.320. The van der Waals surface area contributed by atoms with Crippen LogP contribution in [0.4, 0.5) is 0 Å². The highest BCUT2D eigenvalue weighted by molar-refractivity contribution is 6.45. The van der Waals surface area contributed by atoms with Crippen molar-refractivity contribution >= 4 is 51.7 Å². The van der Waals surface area contributed by atoms with Gasteiger partial charge in [-0.05, 0) is 43.7 Å². The lowest BCUT2D eigenvalue weighted by molar-refractivity contribution is -0.116. The molecule has 2 atom stereocenters. The van der Waals surface area contributed by atoms with Crippen molar-refractivity contribution in [1.29, 1.82) is 0 Å². The summed E-state index contributed by atoms with van der Waals surface area (Å²) < 4.78 is 1.23. The molecule has 0 unspecified atom stereocenters. The molecule has 1 aliphatic heterocycles. The van der Waals surface area contributed by atoms with E-state index in [1.54, 1.807) is 17.0 Å². The number of hydrogen-bond acceptors (Lipinski definition) is 5. The molecule has 35 heavy (non-hydrogen) atoms. The van der Waals surface area contributed by atoms with Crippen molar-refractivity contribution < 1.29 is 14.4 Å². The Labute approximate surface area is 213 Å². The van der Waals surface area contributed by atoms with Gasteiger partial charge in [-0.2, -0.15) is 0 Å². The molecule has 1 aliphatic rings. The second-order valence-electron chi connectivity index (χ2n) is 8.92. The van der Waals surface area contributed by atoms with Gasteiger partial charge in [-0.3, -0.25) is 24.0 Å². The van der Waals surface area contributed by atoms with Gasteiger partial charge in [0.15, 0.2) is 0 Å². The van der Waals surface area contributed by atoms with E-state index in [1.807, 2.05) is 31.2 Å². The first kappa shape index (κ1) is 25.0. The number of nitrogen functional groups attached to an aromatic ring is 1. The van der Waals surface area contributed by atoms with E-state index >= 15 is 0 Å². The van der Waals surface area contributed by atoms with Crippen molar-refractivity contribution in [3.05, 3.63) is 69.3 Å². The number of fused-ring (bicyclic) bond motifs is 1. The molecule has 2 amide bonds. The molecule has 0 bridgehead atoms. The summed E-state index contributed by atoms with van der Waals surface area (Å²) in [5.74, 6) is 4.25. The van der Waals surface area contributed by atoms with Gasteiger partial charge in [0.05, 0.1) is 21.7 Å². The van der Waals surface area contributed by atoms with E-state index in [2.05, 4.69) is 17.1 Å². The Morgan fingerprint density at radius 3 is 2.49 bits per heavy atom. The molecule has 0 aliphatic carbocycles. The first-order valence-corrected chi connectivity index (χ1v) is 12.0. The van der Waals surface area contributed by atoms with Gasteiger partial charge in [-0.25, -0.2) is 0 Å². The second kappa shape index (κ2) is 9.89. The van der Waals surface area contributed by atoms with Crippen molar-refractivity contribution in [3.63, 3.8) is 0 Å². The molecule has 3 N–H and O–H groups in total. The summed E-state index contributed by atoms with van der Waals surface area (Å²) in [7, 11) is 1.38. The van der Waals surface area contributed by atoms with Crippen LogP contribution < -0.4 is 11.2 Å². The minimum absolute atomic E-state index is 0.0734. The van der Waals surface area contributed by atoms with E-state index in [0.717, 1.165) is 12.1 Å². The number of hydrogen-bond donors (Lipinski definition) is 2. The first-order valence-electron chi connectivity index (χ1n) is 11.3. The van der Waals surface area contributed by atoms with Crippen molar-refractivity contribution in [3.8, 4) is 0 Å². The molecular formula is C25H27Cl2N5O3. The number of nitrogens with two attached hydrogens (primary N) is 1. The normalized spacial score (nSPS) is 18.6. The Kier molecular flexibility index (Phi) is 7.07. The molecule has 1 fully saturated rings. The molecule has 8 nitrogen and oxygen atoms in total. The van der Waals surface area contributed by atoms with Crippen LogP contribution in [0, 0.1) is 0 Å². The predicted octanol–water partition coefficient (Wildman–Crippen LogP) is 3.33. The van der Waals surface area contributed by atoms with Gasteiger partial charge < -0.3 is 16.1 Å². The number of benzene rings is 2. The lowest BCUT2D eigenvalue weighted by Crippen LogP contribution is -2.57. The smallest absolute Gasteiger partial charge is 0.292 e. The van der Waals surface area contributed by atoms with Crippen LogP contribution >= 0.6 is 23.2 Å². The minimum Gasteiger partial charge on any atom is -0.352 e. The highest BCUT2D eigenvalue weighted by Gasteiger charge is 2.34. The number of likely N-dealkylation sites (N-methyl/N-ethyl adjacent to an activating group) is 1. The van der Waals surface area contributed by atoms with Gasteiger partial charge in [0, 0.05) is 55.4 Å². The summed E-state index contributed by atoms with van der Waals surface area (Å²) in [6, 6.07) is 10.9. The first-order chi connectivity index (χ1) is 16.6. The van der Waals surface area contributed by atoms with Gasteiger partial charge in [0.25, 0.3) is 17.6 Å². The standard InChI is InChI=1S/C25H27Cl2N5O3/c1-14-11-31(15(2)10-30(14)12-16-5-4-6-17(26)7-16)25(35)19-8-18-20(23(33)24(34)29-3)13-32(28)22(18)9-21(19)27/h4-9,13-15H,10-12,28H2,1-3H3,(H,29,34)/t14-,15+/m0/s1. The number of nitrogens with zero attached hydrogens (tertiary/aromatic N) is 3. The minimum atomic E-state index is -0.765. The zero-order valence-corrected chi connectivity index (χ0v) is 21.2. The van der Waals surface area contributed by atoms with Crippen molar-refractivity contribution in [1.82, 2.24) is 19.8 Å². The molecular weight excluding hydrogens is 489 g/mol. The molecule has 0 spiro atoms. The lowest BCUT2D eigenvalue weighted by Gasteiger charge is -2.44. The summed E-state index contributed by atoms with van der Waals surface area (Å²) in [6.07, 6.45) is 1.37. The number of Topliss-reactive ketones (excluding diaryl/α,β-unsaturated/α-hetero) is 1. The summed E-state index contributed by atoms with van der Waals surface area (Å²) in [5, 5.41) is 3.64. The van der Waals surface area contributed by atoms with Crippen LogP contribution in [0.25, 0.3) is 10.9 Å². The molecule has 4 rings (SSSR count). The molecule has 3 aromatic rings. The predicted molar refractivity (Wildman–Crippen MR) is 137 cm³/mol. The van der Waals surface area contributed by atoms with Crippen molar-refractivity contribution in [2.75, 3.05) is 26.0 Å². The molecule has 0 radical (unpaired) electrons. The Hall–Kier alpha value is -3.07. The topological polar surface area (TPSA) is 101 Å². The zero-order chi connectivity index (χ0) is 25.4. The Balaban J connectivity index is 1.60. The second-order valence-corrected chi connectivity index (χ2v) is 9.77. The van der Waals surface area contributed by atoms with E-state index in [0.29, 0.717) is 29.0 Å². The lowest BCUT2D eigenvalue weighted by atomic mass is 10.0. The van der Waals surface area contributed by atoms with Gasteiger partial charge in [-0.1, -0.05) is 35.3 Å². The highest BCUT2D eigenvalue weighted by atomic mass is 35.5. The number of aromatic nitrogens is 1. The number of rotatable bonds is 5. The maximum absolute atomic E-state index is 13.6. The maximum Gasteiger partial charge on any atom is 0.292 e. The molecule has 1 aromatic heterocycles. The number of nitrogens with one attached hydrogen (secondary N) is 1. The van der Waals surface area contributed by atoms with E-state index in [1.165, 1.54) is 17.9 Å². The van der Waals surface area contributed by atoms with Gasteiger partial charge in [-0.15, -0.1) is 0 Å². The van der Waals surface area contributed by atoms with Crippen LogP contribution in [0.3, 0.4) is 0 Å². The third-order valence-corrected chi connectivity index (χ3v) is 7.03. The summed E-state index contributed by atoms with van der Waals surface area (Å²) in [6.45, 7) is 6.00. The Morgan fingerprint density at radius 1 is 1.06 bits per heavy atom. The number of amides is 2. The third-order valence-electron chi connectivity index (χ3n) is 6.48. The van der Waals surface area contributed by atoms with Crippen LogP contribution in [-0.4, -0.2) is 64.3 Å². The van der Waals surface area contributed by atoms with E-state index in [9.17, 15) is 14.4 Å². The summed E-state index contributed by atoms with van der Waals surface area (Å²) in [5.41, 5.74) is 1.94. The Morgan fingerprint density at radius 2 is 1.80 bits per heavy atom. The average Bonchev–Trinajstić information content (AvgIpc) is 3.14. The average molecular weight is 516 g/mol. The van der Waals surface area contributed by atoms with Gasteiger partial charge >= 0.3 is 0 Å². The molecule has 2 heterocycles. The number of ketones is 1. The number of piperazine rings is 1. The zero-order valence-electron chi connectivity index (χ0n) is 19.7. The van der Waals surface area contributed by atoms with Gasteiger partial charge in [0.1, 0.15) is 0 Å². The summed E-state index contributed by atoms with van der Waals surface area (Å²) >= 11 is 12.6. The quantitative estimate of drug-likeness (QED) is 0.308. The van der Waals surface area contributed by atoms with Crippen LogP contribution in [0.2, 0.25) is 10.0 Å². The van der Waals surface area contributed by atoms with Crippen LogP contribution in [0.5, 0.6) is 0 Å². The van der Waals surface area contributed by atoms with E-state index in [4.69, 9.17) is 29.0 Å². The molecule has 10 heteroatoms. The highest BCUT2D eigenvalue weighted by Crippen LogP contribution is 2.30. The third kappa shape index (κ3) is 4.87. The largest absolute Gasteiger partial charge is 0.352 e. The number of carbonyl (C=O) groups excluding carboxylic acids is 3. The van der Waals surface area contributed by atoms with Crippen molar-refractivity contribution in [2.45, 2.75) is 32.5 Å². The fourth-order valence-corrected chi connectivity index (χ4v) is 5.03. The molecule has 2 aromatic carbocycles. The van der Waals surface area contributed by atoms with E-state index in [-0.39, 0.29) is 34.1 Å².